The molecule has 0 bridgehead atoms. The summed E-state index contributed by atoms with van der Waals surface area (Å²) in [6.07, 6.45) is 7.74. The minimum Gasteiger partial charge on any atom is -0.393 e. The van der Waals surface area contributed by atoms with Gasteiger partial charge in [-0.3, -0.25) is 14.6 Å². The van der Waals surface area contributed by atoms with Gasteiger partial charge in [-0.1, -0.05) is 30.6 Å². The fourth-order valence-corrected chi connectivity index (χ4v) is 8.28. The molecule has 4 aliphatic rings. The summed E-state index contributed by atoms with van der Waals surface area (Å²) in [5.74, 6) is -0.438. The fraction of sp³-hybridized carbons (Fsp3) is 0.655. The third kappa shape index (κ3) is 4.38. The first-order chi connectivity index (χ1) is 18.1. The summed E-state index contributed by atoms with van der Waals surface area (Å²) in [5, 5.41) is 39.4. The van der Waals surface area contributed by atoms with Crippen molar-refractivity contribution >= 4 is 17.4 Å². The van der Waals surface area contributed by atoms with Gasteiger partial charge in [-0.15, -0.1) is 0 Å². The van der Waals surface area contributed by atoms with Gasteiger partial charge in [0.05, 0.1) is 24.1 Å². The number of aromatic nitrogens is 1. The number of hydrogen-bond donors (Lipinski definition) is 4. The van der Waals surface area contributed by atoms with Crippen LogP contribution in [-0.4, -0.2) is 62.6 Å². The molecule has 0 aliphatic heterocycles. The SMILES string of the molecule is C[C@]12CCC(=NOCC(=O)NCc3ccccn3)C=C1CCC1C2C(O)C[C@@]2(C)C1CC[C@]2(O)C(=O)CO. The van der Waals surface area contributed by atoms with Crippen molar-refractivity contribution in [1.29, 1.82) is 0 Å². The topological polar surface area (TPSA) is 141 Å². The molecule has 4 N–H and O–H groups in total. The minimum absolute atomic E-state index is 0.0343. The number of aliphatic hydroxyl groups excluding tert-OH is 2. The van der Waals surface area contributed by atoms with E-state index in [1.165, 1.54) is 5.57 Å². The number of amides is 1. The van der Waals surface area contributed by atoms with Crippen LogP contribution in [0.5, 0.6) is 0 Å². The molecule has 1 aromatic rings. The molecule has 4 unspecified atom stereocenters. The summed E-state index contributed by atoms with van der Waals surface area (Å²) < 4.78 is 0. The summed E-state index contributed by atoms with van der Waals surface area (Å²) in [6.45, 7) is 3.64. The lowest BCUT2D eigenvalue weighted by molar-refractivity contribution is -0.181. The second-order valence-corrected chi connectivity index (χ2v) is 12.0. The van der Waals surface area contributed by atoms with Gasteiger partial charge >= 0.3 is 0 Å². The van der Waals surface area contributed by atoms with Crippen LogP contribution in [0.15, 0.2) is 41.2 Å². The third-order valence-electron chi connectivity index (χ3n) is 10.2. The molecule has 0 saturated heterocycles. The predicted octanol–water partition coefficient (Wildman–Crippen LogP) is 2.30. The van der Waals surface area contributed by atoms with Crippen LogP contribution in [0.4, 0.5) is 0 Å². The maximum Gasteiger partial charge on any atom is 0.261 e. The molecule has 4 aliphatic carbocycles. The number of carbonyl (C=O) groups is 2. The predicted molar refractivity (Wildman–Crippen MR) is 140 cm³/mol. The van der Waals surface area contributed by atoms with Gasteiger partial charge in [0.15, 0.2) is 12.4 Å². The molecular formula is C29H39N3O6. The highest BCUT2D eigenvalue weighted by atomic mass is 16.6. The van der Waals surface area contributed by atoms with Gasteiger partial charge in [0.1, 0.15) is 12.2 Å². The molecule has 9 heteroatoms. The summed E-state index contributed by atoms with van der Waals surface area (Å²) in [4.78, 5) is 34.3. The first kappa shape index (κ1) is 27.0. The molecule has 1 amide bonds. The quantitative estimate of drug-likeness (QED) is 0.400. The Labute approximate surface area is 223 Å². The molecule has 206 valence electrons. The number of oxime groups is 1. The average molecular weight is 526 g/mol. The van der Waals surface area contributed by atoms with Gasteiger partial charge in [0.2, 0.25) is 0 Å². The van der Waals surface area contributed by atoms with E-state index in [9.17, 15) is 24.9 Å². The summed E-state index contributed by atoms with van der Waals surface area (Å²) in [5.41, 5.74) is 0.290. The van der Waals surface area contributed by atoms with Gasteiger partial charge in [-0.05, 0) is 86.3 Å². The Morgan fingerprint density at radius 2 is 2.03 bits per heavy atom. The highest BCUT2D eigenvalue weighted by Gasteiger charge is 2.68. The Morgan fingerprint density at radius 3 is 2.76 bits per heavy atom. The number of Topliss-reactive ketones (excluding diaryl/α,β-unsaturated/α-hetero) is 1. The number of carbonyl (C=O) groups excluding carboxylic acids is 2. The van der Waals surface area contributed by atoms with Gasteiger partial charge in [-0.25, -0.2) is 0 Å². The number of pyridine rings is 1. The number of ketones is 1. The Balaban J connectivity index is 1.25. The van der Waals surface area contributed by atoms with E-state index in [0.717, 1.165) is 37.1 Å². The number of rotatable bonds is 7. The van der Waals surface area contributed by atoms with Crippen LogP contribution in [0.1, 0.15) is 64.5 Å². The van der Waals surface area contributed by atoms with E-state index in [1.807, 2.05) is 25.1 Å². The van der Waals surface area contributed by atoms with Gasteiger partial charge in [0, 0.05) is 11.6 Å². The van der Waals surface area contributed by atoms with Crippen molar-refractivity contribution in [3.63, 3.8) is 0 Å². The van der Waals surface area contributed by atoms with Crippen molar-refractivity contribution in [2.75, 3.05) is 13.2 Å². The molecule has 1 heterocycles. The number of allylic oxidation sites excluding steroid dienone is 2. The largest absolute Gasteiger partial charge is 0.393 e. The Morgan fingerprint density at radius 1 is 1.21 bits per heavy atom. The Hall–Kier alpha value is -2.62. The standard InChI is InChI=1S/C29H39N3O6/c1-27-10-8-19(32-38-17-25(36)31-15-20-5-3-4-12-30-20)13-18(27)6-7-21-22-9-11-29(37,24(35)16-33)28(22,2)14-23(34)26(21)27/h3-5,12-13,21-23,26,33-34,37H,6-11,14-17H2,1-2H3,(H,31,36)/t21?,22?,23?,26?,27-,28-,29-/m0/s1. The molecule has 5 rings (SSSR count). The van der Waals surface area contributed by atoms with Gasteiger partial charge < -0.3 is 25.5 Å². The molecule has 3 fully saturated rings. The summed E-state index contributed by atoms with van der Waals surface area (Å²) in [6, 6.07) is 5.53. The second-order valence-electron chi connectivity index (χ2n) is 12.0. The van der Waals surface area contributed by atoms with E-state index in [1.54, 1.807) is 6.20 Å². The zero-order valence-corrected chi connectivity index (χ0v) is 22.2. The first-order valence-corrected chi connectivity index (χ1v) is 13.7. The lowest BCUT2D eigenvalue weighted by atomic mass is 9.45. The van der Waals surface area contributed by atoms with E-state index in [-0.39, 0.29) is 35.7 Å². The van der Waals surface area contributed by atoms with Crippen LogP contribution in [0.2, 0.25) is 0 Å². The molecular weight excluding hydrogens is 486 g/mol. The first-order valence-electron chi connectivity index (χ1n) is 13.7. The van der Waals surface area contributed by atoms with Crippen LogP contribution in [0.25, 0.3) is 0 Å². The molecule has 7 atom stereocenters. The highest BCUT2D eigenvalue weighted by molar-refractivity contribution is 5.96. The number of nitrogens with one attached hydrogen (secondary N) is 1. The maximum absolute atomic E-state index is 12.6. The van der Waals surface area contributed by atoms with Crippen molar-refractivity contribution < 1.29 is 29.7 Å². The minimum atomic E-state index is -1.58. The van der Waals surface area contributed by atoms with E-state index in [0.29, 0.717) is 25.8 Å². The normalized spacial score (nSPS) is 39.0. The number of aliphatic hydroxyl groups is 3. The molecule has 0 spiro atoms. The molecule has 0 aromatic carbocycles. The number of fused-ring (bicyclic) bond motifs is 5. The molecule has 1 aromatic heterocycles. The molecule has 9 nitrogen and oxygen atoms in total. The highest BCUT2D eigenvalue weighted by Crippen LogP contribution is 2.67. The zero-order valence-electron chi connectivity index (χ0n) is 22.2. The van der Waals surface area contributed by atoms with Gasteiger partial charge in [0.25, 0.3) is 5.91 Å². The van der Waals surface area contributed by atoms with Crippen molar-refractivity contribution in [1.82, 2.24) is 10.3 Å². The molecule has 3 saturated carbocycles. The number of hydrogen-bond acceptors (Lipinski definition) is 8. The fourth-order valence-electron chi connectivity index (χ4n) is 8.28. The Bertz CT molecular complexity index is 1140. The lowest BCUT2D eigenvalue weighted by Crippen LogP contribution is -2.62. The summed E-state index contributed by atoms with van der Waals surface area (Å²) in [7, 11) is 0. The monoisotopic (exact) mass is 525 g/mol. The molecule has 38 heavy (non-hydrogen) atoms. The van der Waals surface area contributed by atoms with Crippen molar-refractivity contribution in [3.05, 3.63) is 41.7 Å². The van der Waals surface area contributed by atoms with Gasteiger partial charge in [-0.2, -0.15) is 0 Å². The lowest BCUT2D eigenvalue weighted by Gasteiger charge is -2.60. The van der Waals surface area contributed by atoms with Crippen LogP contribution >= 0.6 is 0 Å². The van der Waals surface area contributed by atoms with E-state index >= 15 is 0 Å². The van der Waals surface area contributed by atoms with Crippen LogP contribution < -0.4 is 5.32 Å². The van der Waals surface area contributed by atoms with Crippen LogP contribution in [0.3, 0.4) is 0 Å². The van der Waals surface area contributed by atoms with Crippen LogP contribution in [-0.2, 0) is 21.0 Å². The zero-order chi connectivity index (χ0) is 27.1. The number of nitrogens with zero attached hydrogens (tertiary/aromatic N) is 2. The third-order valence-corrected chi connectivity index (χ3v) is 10.2. The maximum atomic E-state index is 12.6. The van der Waals surface area contributed by atoms with E-state index in [4.69, 9.17) is 4.84 Å². The van der Waals surface area contributed by atoms with Crippen molar-refractivity contribution in [2.24, 2.45) is 33.7 Å². The average Bonchev–Trinajstić information content (AvgIpc) is 3.18. The summed E-state index contributed by atoms with van der Waals surface area (Å²) >= 11 is 0. The van der Waals surface area contributed by atoms with E-state index < -0.39 is 29.5 Å². The Kier molecular flexibility index (Phi) is 7.22. The molecule has 0 radical (unpaired) electrons. The second kappa shape index (κ2) is 10.2. The smallest absolute Gasteiger partial charge is 0.261 e. The van der Waals surface area contributed by atoms with Crippen LogP contribution in [0, 0.1) is 28.6 Å². The van der Waals surface area contributed by atoms with E-state index in [2.05, 4.69) is 28.5 Å². The van der Waals surface area contributed by atoms with Crippen molar-refractivity contribution in [2.45, 2.75) is 77.0 Å². The van der Waals surface area contributed by atoms with Crippen molar-refractivity contribution in [3.8, 4) is 0 Å².